The summed E-state index contributed by atoms with van der Waals surface area (Å²) >= 11 is 5.84. The van der Waals surface area contributed by atoms with Crippen molar-refractivity contribution >= 4 is 29.2 Å². The molecule has 2 rings (SSSR count). The number of nitrogens with zero attached hydrogens (tertiary/aromatic N) is 1. The highest BCUT2D eigenvalue weighted by Gasteiger charge is 2.33. The standard InChI is InChI=1S/C14H13ClN2O3/c15-11-4-3-10(7-16)12(6-11)17-13(18)8-1-2-9(5-8)14(19)20/h3-4,6,8-9H,1-2,5H2,(H,17,18)(H,19,20)/t8-,9+/m1/s1. The maximum absolute atomic E-state index is 12.1. The van der Waals surface area contributed by atoms with Crippen molar-refractivity contribution in [3.05, 3.63) is 28.8 Å². The van der Waals surface area contributed by atoms with E-state index < -0.39 is 11.9 Å². The van der Waals surface area contributed by atoms with Gasteiger partial charge in [0.25, 0.3) is 0 Å². The van der Waals surface area contributed by atoms with Crippen LogP contribution >= 0.6 is 11.6 Å². The zero-order valence-electron chi connectivity index (χ0n) is 10.6. The number of carbonyl (C=O) groups excluding carboxylic acids is 1. The van der Waals surface area contributed by atoms with E-state index in [1.807, 2.05) is 6.07 Å². The molecule has 2 N–H and O–H groups in total. The molecule has 2 atom stereocenters. The number of anilines is 1. The number of carboxylic acids is 1. The summed E-state index contributed by atoms with van der Waals surface area (Å²) in [6, 6.07) is 6.60. The van der Waals surface area contributed by atoms with E-state index in [-0.39, 0.29) is 11.8 Å². The van der Waals surface area contributed by atoms with Gasteiger partial charge in [-0.1, -0.05) is 11.6 Å². The molecule has 1 aromatic carbocycles. The quantitative estimate of drug-likeness (QED) is 0.896. The molecule has 104 valence electrons. The predicted octanol–water partition coefficient (Wildman–Crippen LogP) is 2.65. The van der Waals surface area contributed by atoms with Crippen LogP contribution in [0.2, 0.25) is 5.02 Å². The van der Waals surface area contributed by atoms with Gasteiger partial charge in [0.05, 0.1) is 17.2 Å². The zero-order chi connectivity index (χ0) is 14.7. The number of halogens is 1. The minimum absolute atomic E-state index is 0.257. The van der Waals surface area contributed by atoms with Crippen molar-refractivity contribution in [2.45, 2.75) is 19.3 Å². The molecule has 0 spiro atoms. The SMILES string of the molecule is N#Cc1ccc(Cl)cc1NC(=O)[C@@H]1CC[C@H](C(=O)O)C1. The van der Waals surface area contributed by atoms with Crippen molar-refractivity contribution in [1.29, 1.82) is 5.26 Å². The van der Waals surface area contributed by atoms with E-state index in [0.29, 0.717) is 35.5 Å². The van der Waals surface area contributed by atoms with Crippen LogP contribution in [-0.2, 0) is 9.59 Å². The summed E-state index contributed by atoms with van der Waals surface area (Å²) in [4.78, 5) is 23.0. The summed E-state index contributed by atoms with van der Waals surface area (Å²) in [5.41, 5.74) is 0.694. The highest BCUT2D eigenvalue weighted by atomic mass is 35.5. The number of nitrogens with one attached hydrogen (secondary N) is 1. The van der Waals surface area contributed by atoms with Crippen LogP contribution in [0.4, 0.5) is 5.69 Å². The van der Waals surface area contributed by atoms with Gasteiger partial charge >= 0.3 is 5.97 Å². The summed E-state index contributed by atoms with van der Waals surface area (Å²) in [5, 5.41) is 21.0. The van der Waals surface area contributed by atoms with Gasteiger partial charge in [-0.3, -0.25) is 9.59 Å². The molecule has 0 radical (unpaired) electrons. The summed E-state index contributed by atoms with van der Waals surface area (Å²) in [5.74, 6) is -1.91. The summed E-state index contributed by atoms with van der Waals surface area (Å²) < 4.78 is 0. The second-order valence-corrected chi connectivity index (χ2v) is 5.27. The Hall–Kier alpha value is -2.06. The van der Waals surface area contributed by atoms with Crippen molar-refractivity contribution in [3.63, 3.8) is 0 Å². The number of carboxylic acid groups (broad SMARTS) is 1. The molecule has 1 aromatic rings. The molecule has 1 saturated carbocycles. The number of carbonyl (C=O) groups is 2. The molecular formula is C14H13ClN2O3. The molecule has 1 amide bonds. The van der Waals surface area contributed by atoms with Gasteiger partial charge < -0.3 is 10.4 Å². The Morgan fingerprint density at radius 3 is 2.65 bits per heavy atom. The molecule has 20 heavy (non-hydrogen) atoms. The fourth-order valence-corrected chi connectivity index (χ4v) is 2.57. The Morgan fingerprint density at radius 1 is 1.35 bits per heavy atom. The molecule has 5 nitrogen and oxygen atoms in total. The first-order chi connectivity index (χ1) is 9.51. The Kier molecular flexibility index (Phi) is 4.26. The van der Waals surface area contributed by atoms with Gasteiger partial charge in [0.15, 0.2) is 0 Å². The number of aliphatic carboxylic acids is 1. The number of nitriles is 1. The van der Waals surface area contributed by atoms with Crippen molar-refractivity contribution in [2.75, 3.05) is 5.32 Å². The normalized spacial score (nSPS) is 21.2. The van der Waals surface area contributed by atoms with Gasteiger partial charge in [0.2, 0.25) is 5.91 Å². The number of benzene rings is 1. The fourth-order valence-electron chi connectivity index (χ4n) is 2.40. The maximum Gasteiger partial charge on any atom is 0.306 e. The van der Waals surface area contributed by atoms with Crippen LogP contribution in [0.25, 0.3) is 0 Å². The predicted molar refractivity (Wildman–Crippen MR) is 73.3 cm³/mol. The lowest BCUT2D eigenvalue weighted by Crippen LogP contribution is -2.22. The summed E-state index contributed by atoms with van der Waals surface area (Å²) in [6.45, 7) is 0. The van der Waals surface area contributed by atoms with Gasteiger partial charge in [-0.15, -0.1) is 0 Å². The lowest BCUT2D eigenvalue weighted by molar-refractivity contribution is -0.141. The third-order valence-electron chi connectivity index (χ3n) is 3.51. The third kappa shape index (κ3) is 3.09. The van der Waals surface area contributed by atoms with Gasteiger partial charge in [-0.25, -0.2) is 0 Å². The minimum Gasteiger partial charge on any atom is -0.481 e. The molecule has 1 aliphatic rings. The fraction of sp³-hybridized carbons (Fsp3) is 0.357. The Labute approximate surface area is 121 Å². The van der Waals surface area contributed by atoms with E-state index in [4.69, 9.17) is 22.0 Å². The van der Waals surface area contributed by atoms with Crippen molar-refractivity contribution < 1.29 is 14.7 Å². The third-order valence-corrected chi connectivity index (χ3v) is 3.75. The molecule has 0 heterocycles. The van der Waals surface area contributed by atoms with Gasteiger partial charge in [-0.2, -0.15) is 5.26 Å². The molecule has 0 bridgehead atoms. The van der Waals surface area contributed by atoms with Crippen molar-refractivity contribution in [2.24, 2.45) is 11.8 Å². The van der Waals surface area contributed by atoms with Crippen molar-refractivity contribution in [3.8, 4) is 6.07 Å². The molecule has 1 aliphatic carbocycles. The lowest BCUT2D eigenvalue weighted by atomic mass is 10.0. The molecule has 0 saturated heterocycles. The average Bonchev–Trinajstić information content (AvgIpc) is 2.89. The maximum atomic E-state index is 12.1. The lowest BCUT2D eigenvalue weighted by Gasteiger charge is -2.12. The van der Waals surface area contributed by atoms with Crippen molar-refractivity contribution in [1.82, 2.24) is 0 Å². The zero-order valence-corrected chi connectivity index (χ0v) is 11.4. The first kappa shape index (κ1) is 14.4. The largest absolute Gasteiger partial charge is 0.481 e. The number of rotatable bonds is 3. The second kappa shape index (κ2) is 5.93. The van der Waals surface area contributed by atoms with E-state index in [2.05, 4.69) is 5.32 Å². The van der Waals surface area contributed by atoms with E-state index in [1.54, 1.807) is 6.07 Å². The van der Waals surface area contributed by atoms with Crippen LogP contribution in [0.15, 0.2) is 18.2 Å². The van der Waals surface area contributed by atoms with E-state index >= 15 is 0 Å². The van der Waals surface area contributed by atoms with Crippen LogP contribution < -0.4 is 5.32 Å². The van der Waals surface area contributed by atoms with Crippen LogP contribution in [0.1, 0.15) is 24.8 Å². The van der Waals surface area contributed by atoms with Gasteiger partial charge in [0.1, 0.15) is 6.07 Å². The Balaban J connectivity index is 2.08. The molecule has 0 unspecified atom stereocenters. The summed E-state index contributed by atoms with van der Waals surface area (Å²) in [6.07, 6.45) is 1.39. The smallest absolute Gasteiger partial charge is 0.306 e. The number of amides is 1. The van der Waals surface area contributed by atoms with Crippen LogP contribution in [0, 0.1) is 23.2 Å². The van der Waals surface area contributed by atoms with E-state index in [0.717, 1.165) is 0 Å². The minimum atomic E-state index is -0.860. The van der Waals surface area contributed by atoms with E-state index in [9.17, 15) is 9.59 Å². The number of hydrogen-bond donors (Lipinski definition) is 2. The molecule has 0 aliphatic heterocycles. The molecule has 0 aromatic heterocycles. The van der Waals surface area contributed by atoms with Crippen LogP contribution in [-0.4, -0.2) is 17.0 Å². The molecule has 6 heteroatoms. The molecular weight excluding hydrogens is 280 g/mol. The molecule has 1 fully saturated rings. The second-order valence-electron chi connectivity index (χ2n) is 4.84. The summed E-state index contributed by atoms with van der Waals surface area (Å²) in [7, 11) is 0. The highest BCUT2D eigenvalue weighted by molar-refractivity contribution is 6.31. The van der Waals surface area contributed by atoms with Crippen LogP contribution in [0.3, 0.4) is 0 Å². The first-order valence-electron chi connectivity index (χ1n) is 6.24. The highest BCUT2D eigenvalue weighted by Crippen LogP contribution is 2.32. The average molecular weight is 293 g/mol. The number of hydrogen-bond acceptors (Lipinski definition) is 3. The monoisotopic (exact) mass is 292 g/mol. The Morgan fingerprint density at radius 2 is 2.05 bits per heavy atom. The van der Waals surface area contributed by atoms with Gasteiger partial charge in [0, 0.05) is 10.9 Å². The first-order valence-corrected chi connectivity index (χ1v) is 6.62. The Bertz CT molecular complexity index is 595. The van der Waals surface area contributed by atoms with Crippen LogP contribution in [0.5, 0.6) is 0 Å². The topological polar surface area (TPSA) is 90.2 Å². The van der Waals surface area contributed by atoms with Gasteiger partial charge in [-0.05, 0) is 37.5 Å². The van der Waals surface area contributed by atoms with E-state index in [1.165, 1.54) is 12.1 Å².